The van der Waals surface area contributed by atoms with Gasteiger partial charge in [0.1, 0.15) is 0 Å². The van der Waals surface area contributed by atoms with Crippen LogP contribution in [0.3, 0.4) is 0 Å². The summed E-state index contributed by atoms with van der Waals surface area (Å²) in [4.78, 5) is 14.5. The van der Waals surface area contributed by atoms with E-state index in [1.165, 1.54) is 4.88 Å². The lowest BCUT2D eigenvalue weighted by Crippen LogP contribution is -2.42. The minimum absolute atomic E-state index is 0.00144. The second-order valence-electron chi connectivity index (χ2n) is 3.65. The zero-order chi connectivity index (χ0) is 11.3. The minimum Gasteiger partial charge on any atom is -0.335 e. The standard InChI is InChI=1S/C11H18N2OS/c1-4-13(3)11(14)12-9(2)8-10-6-5-7-15-10/h5-7,9H,4,8H2,1-3H3,(H,12,14). The van der Waals surface area contributed by atoms with Crippen LogP contribution in [0.25, 0.3) is 0 Å². The van der Waals surface area contributed by atoms with Crippen molar-refractivity contribution < 1.29 is 4.79 Å². The van der Waals surface area contributed by atoms with E-state index < -0.39 is 0 Å². The molecule has 0 saturated carbocycles. The fraction of sp³-hybridized carbons (Fsp3) is 0.545. The molecule has 1 rings (SSSR count). The highest BCUT2D eigenvalue weighted by molar-refractivity contribution is 7.09. The Bertz CT molecular complexity index is 298. The summed E-state index contributed by atoms with van der Waals surface area (Å²) in [5.41, 5.74) is 0. The van der Waals surface area contributed by atoms with Gasteiger partial charge in [-0.3, -0.25) is 0 Å². The van der Waals surface area contributed by atoms with Gasteiger partial charge in [-0.15, -0.1) is 11.3 Å². The van der Waals surface area contributed by atoms with Gasteiger partial charge >= 0.3 is 6.03 Å². The molecule has 1 N–H and O–H groups in total. The highest BCUT2D eigenvalue weighted by atomic mass is 32.1. The minimum atomic E-state index is 0.00144. The Hall–Kier alpha value is -1.03. The average molecular weight is 226 g/mol. The van der Waals surface area contributed by atoms with Gasteiger partial charge in [-0.25, -0.2) is 4.79 Å². The van der Waals surface area contributed by atoms with E-state index in [9.17, 15) is 4.79 Å². The molecule has 0 bridgehead atoms. The van der Waals surface area contributed by atoms with E-state index in [0.717, 1.165) is 13.0 Å². The van der Waals surface area contributed by atoms with Crippen molar-refractivity contribution in [2.45, 2.75) is 26.3 Å². The molecule has 1 heterocycles. The quantitative estimate of drug-likeness (QED) is 0.839. The van der Waals surface area contributed by atoms with E-state index in [1.54, 1.807) is 23.3 Å². The van der Waals surface area contributed by atoms with Crippen LogP contribution >= 0.6 is 11.3 Å². The first kappa shape index (κ1) is 12.0. The Morgan fingerprint density at radius 3 is 2.93 bits per heavy atom. The van der Waals surface area contributed by atoms with Crippen molar-refractivity contribution >= 4 is 17.4 Å². The fourth-order valence-electron chi connectivity index (χ4n) is 1.25. The molecule has 0 aliphatic heterocycles. The van der Waals surface area contributed by atoms with E-state index >= 15 is 0 Å². The van der Waals surface area contributed by atoms with E-state index in [-0.39, 0.29) is 12.1 Å². The summed E-state index contributed by atoms with van der Waals surface area (Å²) in [6.45, 7) is 4.72. The van der Waals surface area contributed by atoms with Gasteiger partial charge in [0, 0.05) is 30.9 Å². The van der Waals surface area contributed by atoms with Gasteiger partial charge < -0.3 is 10.2 Å². The Kier molecular flexibility index (Phi) is 4.62. The first-order valence-electron chi connectivity index (χ1n) is 5.17. The number of nitrogens with zero attached hydrogens (tertiary/aromatic N) is 1. The van der Waals surface area contributed by atoms with Crippen molar-refractivity contribution in [3.63, 3.8) is 0 Å². The van der Waals surface area contributed by atoms with Crippen molar-refractivity contribution in [2.75, 3.05) is 13.6 Å². The molecular weight excluding hydrogens is 208 g/mol. The molecule has 15 heavy (non-hydrogen) atoms. The molecule has 3 nitrogen and oxygen atoms in total. The average Bonchev–Trinajstić information content (AvgIpc) is 2.68. The van der Waals surface area contributed by atoms with Crippen molar-refractivity contribution in [1.82, 2.24) is 10.2 Å². The summed E-state index contributed by atoms with van der Waals surface area (Å²) in [7, 11) is 1.80. The van der Waals surface area contributed by atoms with Crippen LogP contribution in [0, 0.1) is 0 Å². The summed E-state index contributed by atoms with van der Waals surface area (Å²) >= 11 is 1.73. The molecule has 0 fully saturated rings. The highest BCUT2D eigenvalue weighted by Crippen LogP contribution is 2.10. The van der Waals surface area contributed by atoms with Crippen LogP contribution in [-0.2, 0) is 6.42 Å². The number of hydrogen-bond donors (Lipinski definition) is 1. The smallest absolute Gasteiger partial charge is 0.317 e. The molecule has 0 aliphatic rings. The van der Waals surface area contributed by atoms with Gasteiger partial charge in [0.15, 0.2) is 0 Å². The number of thiophene rings is 1. The Morgan fingerprint density at radius 1 is 1.67 bits per heavy atom. The molecular formula is C11H18N2OS. The third kappa shape index (κ3) is 3.91. The second kappa shape index (κ2) is 5.75. The summed E-state index contributed by atoms with van der Waals surface area (Å²) in [6.07, 6.45) is 0.904. The van der Waals surface area contributed by atoms with Gasteiger partial charge in [0.2, 0.25) is 0 Å². The van der Waals surface area contributed by atoms with Crippen molar-refractivity contribution in [2.24, 2.45) is 0 Å². The largest absolute Gasteiger partial charge is 0.335 e. The number of carbonyl (C=O) groups is 1. The lowest BCUT2D eigenvalue weighted by Gasteiger charge is -2.19. The molecule has 0 aromatic carbocycles. The number of hydrogen-bond acceptors (Lipinski definition) is 2. The predicted octanol–water partition coefficient (Wildman–Crippen LogP) is 2.34. The van der Waals surface area contributed by atoms with Crippen molar-refractivity contribution in [3.8, 4) is 0 Å². The maximum atomic E-state index is 11.5. The van der Waals surface area contributed by atoms with E-state index in [4.69, 9.17) is 0 Å². The molecule has 0 radical (unpaired) electrons. The molecule has 0 spiro atoms. The number of amides is 2. The molecule has 84 valence electrons. The zero-order valence-electron chi connectivity index (χ0n) is 9.49. The predicted molar refractivity (Wildman–Crippen MR) is 64.3 cm³/mol. The van der Waals surface area contributed by atoms with Crippen LogP contribution in [0.2, 0.25) is 0 Å². The first-order valence-corrected chi connectivity index (χ1v) is 6.05. The lowest BCUT2D eigenvalue weighted by atomic mass is 10.2. The van der Waals surface area contributed by atoms with Crippen LogP contribution in [0.5, 0.6) is 0 Å². The number of rotatable bonds is 4. The molecule has 1 atom stereocenters. The topological polar surface area (TPSA) is 32.3 Å². The monoisotopic (exact) mass is 226 g/mol. The van der Waals surface area contributed by atoms with Crippen LogP contribution in [0.4, 0.5) is 4.79 Å². The summed E-state index contributed by atoms with van der Waals surface area (Å²) in [5, 5.41) is 5.02. The first-order chi connectivity index (χ1) is 7.13. The van der Waals surface area contributed by atoms with E-state index in [0.29, 0.717) is 0 Å². The second-order valence-corrected chi connectivity index (χ2v) is 4.68. The third-order valence-corrected chi connectivity index (χ3v) is 3.18. The normalized spacial score (nSPS) is 12.2. The van der Waals surface area contributed by atoms with Crippen LogP contribution in [-0.4, -0.2) is 30.6 Å². The van der Waals surface area contributed by atoms with Crippen molar-refractivity contribution in [1.29, 1.82) is 0 Å². The van der Waals surface area contributed by atoms with Gasteiger partial charge in [-0.2, -0.15) is 0 Å². The summed E-state index contributed by atoms with van der Waals surface area (Å²) in [5.74, 6) is 0. The lowest BCUT2D eigenvalue weighted by molar-refractivity contribution is 0.207. The Labute approximate surface area is 95.1 Å². The Balaban J connectivity index is 2.36. The number of nitrogens with one attached hydrogen (secondary N) is 1. The van der Waals surface area contributed by atoms with Gasteiger partial charge in [-0.1, -0.05) is 6.07 Å². The maximum Gasteiger partial charge on any atom is 0.317 e. The zero-order valence-corrected chi connectivity index (χ0v) is 10.3. The van der Waals surface area contributed by atoms with Gasteiger partial charge in [-0.05, 0) is 25.3 Å². The molecule has 0 aliphatic carbocycles. The molecule has 1 unspecified atom stereocenters. The van der Waals surface area contributed by atoms with Crippen molar-refractivity contribution in [3.05, 3.63) is 22.4 Å². The molecule has 1 aromatic heterocycles. The molecule has 2 amide bonds. The van der Waals surface area contributed by atoms with Gasteiger partial charge in [0.25, 0.3) is 0 Å². The third-order valence-electron chi connectivity index (χ3n) is 2.28. The van der Waals surface area contributed by atoms with Crippen LogP contribution < -0.4 is 5.32 Å². The number of urea groups is 1. The van der Waals surface area contributed by atoms with E-state index in [1.807, 2.05) is 19.9 Å². The highest BCUT2D eigenvalue weighted by Gasteiger charge is 2.10. The SMILES string of the molecule is CCN(C)C(=O)NC(C)Cc1cccs1. The van der Waals surface area contributed by atoms with Gasteiger partial charge in [0.05, 0.1) is 0 Å². The summed E-state index contributed by atoms with van der Waals surface area (Å²) < 4.78 is 0. The molecule has 4 heteroatoms. The van der Waals surface area contributed by atoms with Crippen LogP contribution in [0.15, 0.2) is 17.5 Å². The molecule has 0 saturated heterocycles. The number of carbonyl (C=O) groups excluding carboxylic acids is 1. The Morgan fingerprint density at radius 2 is 2.40 bits per heavy atom. The molecule has 1 aromatic rings. The fourth-order valence-corrected chi connectivity index (χ4v) is 2.08. The van der Waals surface area contributed by atoms with E-state index in [2.05, 4.69) is 16.8 Å². The summed E-state index contributed by atoms with van der Waals surface area (Å²) in [6, 6.07) is 4.32. The van der Waals surface area contributed by atoms with Crippen LogP contribution in [0.1, 0.15) is 18.7 Å². The maximum absolute atomic E-state index is 11.5.